The third-order valence-corrected chi connectivity index (χ3v) is 3.47. The minimum absolute atomic E-state index is 0.217. The summed E-state index contributed by atoms with van der Waals surface area (Å²) in [4.78, 5) is 23.1. The highest BCUT2D eigenvalue weighted by atomic mass is 19.1. The van der Waals surface area contributed by atoms with Gasteiger partial charge in [-0.15, -0.1) is 0 Å². The Bertz CT molecular complexity index is 807. The summed E-state index contributed by atoms with van der Waals surface area (Å²) in [6.07, 6.45) is 0. The molecule has 2 aromatic rings. The molecule has 0 unspecified atom stereocenters. The minimum atomic E-state index is -0.947. The van der Waals surface area contributed by atoms with Gasteiger partial charge in [-0.2, -0.15) is 0 Å². The molecule has 0 saturated heterocycles. The first-order chi connectivity index (χ1) is 11.3. The summed E-state index contributed by atoms with van der Waals surface area (Å²) in [5, 5.41) is 7.13. The van der Waals surface area contributed by atoms with Gasteiger partial charge in [0.1, 0.15) is 11.6 Å². The number of nitrogens with one attached hydrogen (secondary N) is 3. The van der Waals surface area contributed by atoms with Crippen molar-refractivity contribution >= 4 is 29.0 Å². The molecular formula is C17H17F2N3O2. The van der Waals surface area contributed by atoms with E-state index in [0.717, 1.165) is 17.2 Å². The van der Waals surface area contributed by atoms with Gasteiger partial charge in [-0.25, -0.2) is 13.6 Å². The molecule has 0 aromatic heterocycles. The number of amides is 3. The van der Waals surface area contributed by atoms with Crippen LogP contribution >= 0.6 is 0 Å². The Morgan fingerprint density at radius 1 is 0.875 bits per heavy atom. The molecule has 0 aliphatic carbocycles. The predicted molar refractivity (Wildman–Crippen MR) is 89.2 cm³/mol. The van der Waals surface area contributed by atoms with Crippen LogP contribution in [0.4, 0.5) is 30.6 Å². The molecule has 0 atom stereocenters. The number of rotatable bonds is 3. The monoisotopic (exact) mass is 333 g/mol. The van der Waals surface area contributed by atoms with Crippen molar-refractivity contribution in [3.8, 4) is 0 Å². The van der Waals surface area contributed by atoms with Crippen LogP contribution in [0, 0.1) is 25.5 Å². The summed E-state index contributed by atoms with van der Waals surface area (Å²) in [6, 6.07) is 6.34. The Labute approximate surface area is 138 Å². The molecule has 0 bridgehead atoms. The van der Waals surface area contributed by atoms with E-state index < -0.39 is 23.6 Å². The maximum Gasteiger partial charge on any atom is 0.323 e. The van der Waals surface area contributed by atoms with Crippen LogP contribution < -0.4 is 16.0 Å². The molecule has 3 amide bonds. The lowest BCUT2D eigenvalue weighted by atomic mass is 10.1. The third kappa shape index (κ3) is 4.07. The Morgan fingerprint density at radius 2 is 1.46 bits per heavy atom. The Balaban J connectivity index is 2.19. The lowest BCUT2D eigenvalue weighted by Crippen LogP contribution is -2.21. The molecule has 2 rings (SSSR count). The fourth-order valence-electron chi connectivity index (χ4n) is 2.09. The van der Waals surface area contributed by atoms with E-state index in [2.05, 4.69) is 16.0 Å². The zero-order valence-electron chi connectivity index (χ0n) is 13.5. The van der Waals surface area contributed by atoms with Crippen molar-refractivity contribution < 1.29 is 18.4 Å². The highest BCUT2D eigenvalue weighted by Crippen LogP contribution is 2.24. The molecule has 126 valence electrons. The van der Waals surface area contributed by atoms with E-state index in [0.29, 0.717) is 11.8 Å². The summed E-state index contributed by atoms with van der Waals surface area (Å²) in [5.41, 5.74) is 1.99. The Hall–Kier alpha value is -2.96. The second-order valence-corrected chi connectivity index (χ2v) is 5.32. The first-order valence-corrected chi connectivity index (χ1v) is 7.18. The first kappa shape index (κ1) is 17.4. The quantitative estimate of drug-likeness (QED) is 0.788. The molecular weight excluding hydrogens is 316 g/mol. The smallest absolute Gasteiger partial charge is 0.323 e. The van der Waals surface area contributed by atoms with Gasteiger partial charge in [-0.3, -0.25) is 4.79 Å². The van der Waals surface area contributed by atoms with E-state index >= 15 is 0 Å². The summed E-state index contributed by atoms with van der Waals surface area (Å²) >= 11 is 0. The number of urea groups is 1. The molecule has 0 fully saturated rings. The van der Waals surface area contributed by atoms with E-state index in [1.54, 1.807) is 12.1 Å². The van der Waals surface area contributed by atoms with Gasteiger partial charge in [-0.1, -0.05) is 12.1 Å². The zero-order chi connectivity index (χ0) is 17.9. The highest BCUT2D eigenvalue weighted by molar-refractivity contribution is 6.01. The normalized spacial score (nSPS) is 10.2. The van der Waals surface area contributed by atoms with Gasteiger partial charge in [0.15, 0.2) is 0 Å². The van der Waals surface area contributed by atoms with Crippen molar-refractivity contribution in [2.24, 2.45) is 0 Å². The van der Waals surface area contributed by atoms with E-state index in [9.17, 15) is 18.4 Å². The number of carbonyl (C=O) groups is 2. The molecule has 24 heavy (non-hydrogen) atoms. The summed E-state index contributed by atoms with van der Waals surface area (Å²) in [5.74, 6) is -2.38. The molecule has 3 N–H and O–H groups in total. The van der Waals surface area contributed by atoms with Gasteiger partial charge in [-0.05, 0) is 37.1 Å². The van der Waals surface area contributed by atoms with Crippen molar-refractivity contribution in [2.45, 2.75) is 20.8 Å². The molecule has 0 spiro atoms. The highest BCUT2D eigenvalue weighted by Gasteiger charge is 2.14. The third-order valence-electron chi connectivity index (χ3n) is 3.47. The number of carbonyl (C=O) groups excluding carboxylic acids is 2. The van der Waals surface area contributed by atoms with Gasteiger partial charge >= 0.3 is 6.03 Å². The van der Waals surface area contributed by atoms with Crippen LogP contribution in [0.25, 0.3) is 0 Å². The SMILES string of the molecule is CC(=O)Nc1cc(NC(=O)Nc2cccc(C)c2C)c(F)cc1F. The van der Waals surface area contributed by atoms with Crippen LogP contribution in [0.15, 0.2) is 30.3 Å². The molecule has 0 aliphatic heterocycles. The predicted octanol–water partition coefficient (Wildman–Crippen LogP) is 4.18. The van der Waals surface area contributed by atoms with Gasteiger partial charge in [0, 0.05) is 18.7 Å². The molecule has 5 nitrogen and oxygen atoms in total. The van der Waals surface area contributed by atoms with Crippen LogP contribution in [0.3, 0.4) is 0 Å². The summed E-state index contributed by atoms with van der Waals surface area (Å²) < 4.78 is 27.4. The van der Waals surface area contributed by atoms with E-state index in [1.807, 2.05) is 19.9 Å². The van der Waals surface area contributed by atoms with Crippen molar-refractivity contribution in [3.05, 3.63) is 53.1 Å². The molecule has 7 heteroatoms. The van der Waals surface area contributed by atoms with Crippen LogP contribution in [-0.2, 0) is 4.79 Å². The summed E-state index contributed by atoms with van der Waals surface area (Å²) in [6.45, 7) is 4.94. The number of benzene rings is 2. The Kier molecular flexibility index (Phi) is 5.13. The van der Waals surface area contributed by atoms with Gasteiger partial charge in [0.05, 0.1) is 11.4 Å². The number of anilines is 3. The fourth-order valence-corrected chi connectivity index (χ4v) is 2.09. The first-order valence-electron chi connectivity index (χ1n) is 7.18. The lowest BCUT2D eigenvalue weighted by molar-refractivity contribution is -0.114. The molecule has 2 aromatic carbocycles. The second-order valence-electron chi connectivity index (χ2n) is 5.32. The number of hydrogen-bond acceptors (Lipinski definition) is 2. The maximum atomic E-state index is 13.8. The van der Waals surface area contributed by atoms with E-state index in [1.165, 1.54) is 6.92 Å². The van der Waals surface area contributed by atoms with Crippen molar-refractivity contribution in [1.29, 1.82) is 0 Å². The maximum absolute atomic E-state index is 13.8. The number of hydrogen-bond donors (Lipinski definition) is 3. The van der Waals surface area contributed by atoms with Crippen molar-refractivity contribution in [3.63, 3.8) is 0 Å². The number of halogens is 2. The van der Waals surface area contributed by atoms with Gasteiger partial charge < -0.3 is 16.0 Å². The largest absolute Gasteiger partial charge is 0.324 e. The fraction of sp³-hybridized carbons (Fsp3) is 0.176. The van der Waals surface area contributed by atoms with Crippen LogP contribution in [-0.4, -0.2) is 11.9 Å². The van der Waals surface area contributed by atoms with Crippen molar-refractivity contribution in [1.82, 2.24) is 0 Å². The molecule has 0 aliphatic rings. The minimum Gasteiger partial charge on any atom is -0.324 e. The molecule has 0 heterocycles. The lowest BCUT2D eigenvalue weighted by Gasteiger charge is -2.13. The van der Waals surface area contributed by atoms with E-state index in [-0.39, 0.29) is 11.4 Å². The molecule has 0 radical (unpaired) electrons. The Morgan fingerprint density at radius 3 is 2.08 bits per heavy atom. The van der Waals surface area contributed by atoms with Crippen LogP contribution in [0.2, 0.25) is 0 Å². The average molecular weight is 333 g/mol. The average Bonchev–Trinajstić information content (AvgIpc) is 2.48. The van der Waals surface area contributed by atoms with E-state index in [4.69, 9.17) is 0 Å². The van der Waals surface area contributed by atoms with Gasteiger partial charge in [0.25, 0.3) is 0 Å². The number of aryl methyl sites for hydroxylation is 1. The van der Waals surface area contributed by atoms with Gasteiger partial charge in [0.2, 0.25) is 5.91 Å². The second kappa shape index (κ2) is 7.08. The summed E-state index contributed by atoms with van der Waals surface area (Å²) in [7, 11) is 0. The van der Waals surface area contributed by atoms with Crippen molar-refractivity contribution in [2.75, 3.05) is 16.0 Å². The van der Waals surface area contributed by atoms with Crippen LogP contribution in [0.1, 0.15) is 18.1 Å². The standard InChI is InChI=1S/C17H17F2N3O2/c1-9-5-4-6-14(10(9)2)21-17(24)22-16-8-15(20-11(3)23)12(18)7-13(16)19/h4-8H,1-3H3,(H,20,23)(H2,21,22,24). The zero-order valence-corrected chi connectivity index (χ0v) is 13.5. The van der Waals surface area contributed by atoms with Crippen LogP contribution in [0.5, 0.6) is 0 Å². The topological polar surface area (TPSA) is 70.2 Å². The molecule has 0 saturated carbocycles.